The van der Waals surface area contributed by atoms with Gasteiger partial charge in [-0.1, -0.05) is 22.6 Å². The van der Waals surface area contributed by atoms with Crippen molar-refractivity contribution in [2.45, 2.75) is 13.8 Å². The van der Waals surface area contributed by atoms with Gasteiger partial charge in [0.2, 0.25) is 0 Å². The van der Waals surface area contributed by atoms with Crippen LogP contribution in [0.3, 0.4) is 0 Å². The van der Waals surface area contributed by atoms with Crippen LogP contribution in [-0.4, -0.2) is 11.4 Å². The first kappa shape index (κ1) is 8.81. The number of aliphatic imine (C=N–C) groups is 1. The quantitative estimate of drug-likeness (QED) is 0.564. The fourth-order valence-corrected chi connectivity index (χ4v) is 0.398. The van der Waals surface area contributed by atoms with Crippen molar-refractivity contribution in [2.75, 3.05) is 0 Å². The highest BCUT2D eigenvalue weighted by Crippen LogP contribution is 1.87. The Hall–Kier alpha value is -0.190. The van der Waals surface area contributed by atoms with Crippen LogP contribution < -0.4 is 0 Å². The van der Waals surface area contributed by atoms with Gasteiger partial charge in [-0.05, 0) is 17.9 Å². The fourth-order valence-electron chi connectivity index (χ4n) is 0.237. The van der Waals surface area contributed by atoms with E-state index in [9.17, 15) is 0 Å². The Morgan fingerprint density at radius 1 is 1.56 bits per heavy atom. The summed E-state index contributed by atoms with van der Waals surface area (Å²) in [7, 11) is 0. The Bertz CT molecular complexity index is 158. The first-order valence-electron chi connectivity index (χ1n) is 2.53. The summed E-state index contributed by atoms with van der Waals surface area (Å²) < 4.78 is 1.81. The maximum Gasteiger partial charge on any atom is 0.0577 e. The topological polar surface area (TPSA) is 36.2 Å². The van der Waals surface area contributed by atoms with E-state index in [1.165, 1.54) is 0 Å². The smallest absolute Gasteiger partial charge is 0.0577 e. The summed E-state index contributed by atoms with van der Waals surface area (Å²) >= 11 is 2.09. The molecule has 0 spiro atoms. The number of nitrogens with zero attached hydrogens (tertiary/aromatic N) is 1. The minimum atomic E-state index is 0.518. The Morgan fingerprint density at radius 3 is 2.44 bits per heavy atom. The van der Waals surface area contributed by atoms with Gasteiger partial charge in [0.1, 0.15) is 0 Å². The molecule has 0 aliphatic carbocycles. The summed E-state index contributed by atoms with van der Waals surface area (Å²) in [6.45, 7) is 3.54. The van der Waals surface area contributed by atoms with Crippen molar-refractivity contribution >= 4 is 34.0 Å². The third kappa shape index (κ3) is 4.32. The molecule has 50 valence electrons. The summed E-state index contributed by atoms with van der Waals surface area (Å²) in [5, 5.41) is 7.11. The molecular formula is C6H9IN2. The van der Waals surface area contributed by atoms with Gasteiger partial charge in [0.25, 0.3) is 0 Å². The third-order valence-corrected chi connectivity index (χ3v) is 1.19. The first-order valence-corrected chi connectivity index (χ1v) is 3.78. The van der Waals surface area contributed by atoms with Crippen molar-refractivity contribution in [3.05, 3.63) is 10.3 Å². The molecule has 3 heteroatoms. The van der Waals surface area contributed by atoms with E-state index in [1.54, 1.807) is 13.1 Å². The Morgan fingerprint density at radius 2 is 2.11 bits per heavy atom. The van der Waals surface area contributed by atoms with Crippen molar-refractivity contribution in [1.29, 1.82) is 5.41 Å². The van der Waals surface area contributed by atoms with Crippen LogP contribution >= 0.6 is 22.6 Å². The van der Waals surface area contributed by atoms with Gasteiger partial charge >= 0.3 is 0 Å². The largest absolute Gasteiger partial charge is 0.304 e. The SMILES string of the molecule is CC(=N)C(C)=N/C=C\I. The van der Waals surface area contributed by atoms with Crippen LogP contribution in [0.5, 0.6) is 0 Å². The summed E-state index contributed by atoms with van der Waals surface area (Å²) in [5.74, 6) is 0. The molecule has 0 fully saturated rings. The normalized spacial score (nSPS) is 12.6. The second-order valence-corrected chi connectivity index (χ2v) is 2.33. The molecule has 9 heavy (non-hydrogen) atoms. The summed E-state index contributed by atoms with van der Waals surface area (Å²) in [6.07, 6.45) is 1.67. The van der Waals surface area contributed by atoms with Gasteiger partial charge in [0.15, 0.2) is 0 Å². The zero-order valence-corrected chi connectivity index (χ0v) is 7.64. The lowest BCUT2D eigenvalue weighted by Gasteiger charge is -1.89. The Labute approximate surface area is 68.7 Å². The summed E-state index contributed by atoms with van der Waals surface area (Å²) in [6, 6.07) is 0. The van der Waals surface area contributed by atoms with E-state index in [-0.39, 0.29) is 0 Å². The van der Waals surface area contributed by atoms with Crippen LogP contribution in [0.1, 0.15) is 13.8 Å². The van der Waals surface area contributed by atoms with Crippen LogP contribution in [0.4, 0.5) is 0 Å². The van der Waals surface area contributed by atoms with Crippen molar-refractivity contribution in [3.63, 3.8) is 0 Å². The molecule has 0 aromatic rings. The van der Waals surface area contributed by atoms with E-state index in [0.717, 1.165) is 5.71 Å². The monoisotopic (exact) mass is 236 g/mol. The third-order valence-electron chi connectivity index (χ3n) is 0.867. The predicted molar refractivity (Wildman–Crippen MR) is 49.7 cm³/mol. The molecule has 0 saturated carbocycles. The molecule has 0 heterocycles. The summed E-state index contributed by atoms with van der Waals surface area (Å²) in [4.78, 5) is 3.95. The zero-order chi connectivity index (χ0) is 7.28. The maximum absolute atomic E-state index is 7.11. The molecule has 0 aliphatic heterocycles. The van der Waals surface area contributed by atoms with E-state index < -0.39 is 0 Å². The van der Waals surface area contributed by atoms with Crippen LogP contribution in [0.15, 0.2) is 15.3 Å². The molecule has 0 aromatic heterocycles. The minimum Gasteiger partial charge on any atom is -0.304 e. The molecule has 0 unspecified atom stereocenters. The van der Waals surface area contributed by atoms with Crippen LogP contribution in [0.2, 0.25) is 0 Å². The highest BCUT2D eigenvalue weighted by molar-refractivity contribution is 14.1. The van der Waals surface area contributed by atoms with Gasteiger partial charge in [-0.15, -0.1) is 0 Å². The minimum absolute atomic E-state index is 0.518. The predicted octanol–water partition coefficient (Wildman–Crippen LogP) is 2.39. The molecule has 0 bridgehead atoms. The number of rotatable bonds is 2. The van der Waals surface area contributed by atoms with E-state index in [0.29, 0.717) is 5.71 Å². The van der Waals surface area contributed by atoms with Crippen molar-refractivity contribution < 1.29 is 0 Å². The van der Waals surface area contributed by atoms with Gasteiger partial charge in [-0.25, -0.2) is 0 Å². The maximum atomic E-state index is 7.11. The van der Waals surface area contributed by atoms with Crippen molar-refractivity contribution in [2.24, 2.45) is 4.99 Å². The molecule has 0 amide bonds. The number of hydrogen-bond donors (Lipinski definition) is 1. The van der Waals surface area contributed by atoms with Gasteiger partial charge < -0.3 is 5.41 Å². The fraction of sp³-hybridized carbons (Fsp3) is 0.333. The molecular weight excluding hydrogens is 227 g/mol. The zero-order valence-electron chi connectivity index (χ0n) is 5.48. The first-order chi connectivity index (χ1) is 4.18. The molecule has 0 saturated heterocycles. The van der Waals surface area contributed by atoms with E-state index in [4.69, 9.17) is 5.41 Å². The second kappa shape index (κ2) is 4.67. The second-order valence-electron chi connectivity index (χ2n) is 1.61. The number of nitrogens with one attached hydrogen (secondary N) is 1. The number of halogens is 1. The number of hydrogen-bond acceptors (Lipinski definition) is 2. The van der Waals surface area contributed by atoms with Gasteiger partial charge in [-0.3, -0.25) is 4.99 Å². The molecule has 0 rings (SSSR count). The molecule has 1 N–H and O–H groups in total. The van der Waals surface area contributed by atoms with Gasteiger partial charge in [0, 0.05) is 11.9 Å². The highest BCUT2D eigenvalue weighted by Gasteiger charge is 1.87. The van der Waals surface area contributed by atoms with Crippen molar-refractivity contribution in [3.8, 4) is 0 Å². The lowest BCUT2D eigenvalue weighted by molar-refractivity contribution is 1.48. The average molecular weight is 236 g/mol. The Kier molecular flexibility index (Phi) is 4.57. The van der Waals surface area contributed by atoms with Crippen molar-refractivity contribution in [1.82, 2.24) is 0 Å². The molecule has 0 aromatic carbocycles. The molecule has 0 radical (unpaired) electrons. The standard InChI is InChI=1S/C6H9IN2/c1-5(8)6(2)9-4-3-7/h3-4,8H,1-2H3/b4-3-,8-5?,9-6?. The highest BCUT2D eigenvalue weighted by atomic mass is 127. The van der Waals surface area contributed by atoms with Gasteiger partial charge in [0.05, 0.1) is 5.71 Å². The molecule has 0 atom stereocenters. The average Bonchev–Trinajstić information content (AvgIpc) is 1.82. The van der Waals surface area contributed by atoms with Crippen LogP contribution in [0.25, 0.3) is 0 Å². The van der Waals surface area contributed by atoms with E-state index in [1.807, 2.05) is 11.0 Å². The summed E-state index contributed by atoms with van der Waals surface area (Å²) in [5.41, 5.74) is 1.28. The van der Waals surface area contributed by atoms with Crippen LogP contribution in [0, 0.1) is 5.41 Å². The van der Waals surface area contributed by atoms with Gasteiger partial charge in [-0.2, -0.15) is 0 Å². The van der Waals surface area contributed by atoms with E-state index >= 15 is 0 Å². The Balaban J connectivity index is 4.00. The van der Waals surface area contributed by atoms with E-state index in [2.05, 4.69) is 27.6 Å². The van der Waals surface area contributed by atoms with Crippen LogP contribution in [-0.2, 0) is 0 Å². The lowest BCUT2D eigenvalue weighted by Crippen LogP contribution is -2.01. The molecule has 2 nitrogen and oxygen atoms in total. The lowest BCUT2D eigenvalue weighted by atomic mass is 10.3. The molecule has 0 aliphatic rings.